The summed E-state index contributed by atoms with van der Waals surface area (Å²) in [6.07, 6.45) is 0. The lowest BCUT2D eigenvalue weighted by Gasteiger charge is -1.75. The Morgan fingerprint density at radius 3 is 3.00 bits per heavy atom. The van der Waals surface area contributed by atoms with Gasteiger partial charge in [-0.15, -0.1) is 0 Å². The maximum absolute atomic E-state index is 4.64. The maximum Gasteiger partial charge on any atom is 0.162 e. The Bertz CT molecular complexity index is 45.6. The SMILES string of the molecule is C1=POCO1. The second-order valence-electron chi connectivity index (χ2n) is 0.624. The van der Waals surface area contributed by atoms with Crippen molar-refractivity contribution in [3.63, 3.8) is 0 Å². The number of hydrogen-bond acceptors (Lipinski definition) is 2. The molecule has 0 fully saturated rings. The summed E-state index contributed by atoms with van der Waals surface area (Å²) in [4.78, 5) is 0. The Hall–Kier alpha value is 0.0900. The largest absolute Gasteiger partial charge is 0.319 e. The van der Waals surface area contributed by atoms with E-state index in [-0.39, 0.29) is 0 Å². The van der Waals surface area contributed by atoms with Crippen LogP contribution in [0.2, 0.25) is 0 Å². The van der Waals surface area contributed by atoms with Crippen molar-refractivity contribution in [3.05, 3.63) is 0 Å². The molecule has 28 valence electrons. The van der Waals surface area contributed by atoms with Crippen molar-refractivity contribution in [2.24, 2.45) is 0 Å². The quantitative estimate of drug-likeness (QED) is 0.406. The van der Waals surface area contributed by atoms with Crippen LogP contribution < -0.4 is 0 Å². The molecule has 0 aromatic carbocycles. The summed E-state index contributed by atoms with van der Waals surface area (Å²) >= 11 is 0. The normalized spacial score (nSPS) is 24.0. The summed E-state index contributed by atoms with van der Waals surface area (Å²) in [7, 11) is 0.844. The van der Waals surface area contributed by atoms with Crippen LogP contribution in [0.3, 0.4) is 0 Å². The minimum Gasteiger partial charge on any atom is -0.319 e. The molecule has 0 N–H and O–H groups in total. The Morgan fingerprint density at radius 2 is 2.80 bits per heavy atom. The minimum atomic E-state index is 0.432. The lowest BCUT2D eigenvalue weighted by Crippen LogP contribution is -1.77. The molecule has 5 heavy (non-hydrogen) atoms. The van der Waals surface area contributed by atoms with E-state index in [1.165, 1.54) is 0 Å². The molecule has 0 spiro atoms. The fraction of sp³-hybridized carbons (Fsp3) is 0.500. The molecule has 1 rings (SSSR count). The molecular weight excluding hydrogens is 87.0 g/mol. The van der Waals surface area contributed by atoms with Crippen LogP contribution >= 0.6 is 8.43 Å². The van der Waals surface area contributed by atoms with Crippen LogP contribution in [0.15, 0.2) is 0 Å². The van der Waals surface area contributed by atoms with Gasteiger partial charge in [-0.1, -0.05) is 0 Å². The molecule has 0 atom stereocenters. The number of hydrogen-bond donors (Lipinski definition) is 0. The molecule has 0 amide bonds. The monoisotopic (exact) mass is 90.0 g/mol. The minimum absolute atomic E-state index is 0.432. The van der Waals surface area contributed by atoms with E-state index in [0.717, 1.165) is 8.43 Å². The van der Waals surface area contributed by atoms with Gasteiger partial charge in [-0.2, -0.15) is 0 Å². The van der Waals surface area contributed by atoms with Gasteiger partial charge in [0.05, 0.1) is 14.4 Å². The molecule has 0 bridgehead atoms. The first kappa shape index (κ1) is 3.29. The van der Waals surface area contributed by atoms with E-state index < -0.39 is 0 Å². The molecule has 1 aliphatic heterocycles. The summed E-state index contributed by atoms with van der Waals surface area (Å²) in [5, 5.41) is 0. The summed E-state index contributed by atoms with van der Waals surface area (Å²) < 4.78 is 9.22. The molecule has 0 aromatic heterocycles. The predicted molar refractivity (Wildman–Crippen MR) is 20.0 cm³/mol. The average molecular weight is 90.0 g/mol. The van der Waals surface area contributed by atoms with Crippen LogP contribution in [-0.2, 0) is 9.26 Å². The standard InChI is InChI=1S/C2H3O2P/c1-3-2-5-4-1/h2H,1H2. The topological polar surface area (TPSA) is 18.5 Å². The maximum atomic E-state index is 4.64. The molecule has 1 aliphatic rings. The highest BCUT2D eigenvalue weighted by molar-refractivity contribution is 7.32. The van der Waals surface area contributed by atoms with Crippen molar-refractivity contribution in [2.45, 2.75) is 0 Å². The molecular formula is C2H3O2P. The van der Waals surface area contributed by atoms with E-state index in [9.17, 15) is 0 Å². The smallest absolute Gasteiger partial charge is 0.162 e. The molecule has 3 heteroatoms. The number of rotatable bonds is 0. The fourth-order valence-corrected chi connectivity index (χ4v) is 0.456. The van der Waals surface area contributed by atoms with Crippen molar-refractivity contribution >= 4 is 14.4 Å². The highest BCUT2D eigenvalue weighted by Gasteiger charge is 1.84. The van der Waals surface area contributed by atoms with Gasteiger partial charge in [-0.25, -0.2) is 0 Å². The molecule has 1 heterocycles. The summed E-state index contributed by atoms with van der Waals surface area (Å²) in [5.74, 6) is 1.61. The van der Waals surface area contributed by atoms with Crippen LogP contribution in [0, 0.1) is 0 Å². The van der Waals surface area contributed by atoms with Crippen molar-refractivity contribution in [3.8, 4) is 0 Å². The Morgan fingerprint density at radius 1 is 1.80 bits per heavy atom. The zero-order chi connectivity index (χ0) is 3.54. The molecule has 0 radical (unpaired) electrons. The Labute approximate surface area is 31.6 Å². The van der Waals surface area contributed by atoms with Gasteiger partial charge in [-0.3, -0.25) is 4.52 Å². The first-order valence-corrected chi connectivity index (χ1v) is 2.14. The Balaban J connectivity index is 2.32. The predicted octanol–water partition coefficient (Wildman–Crippen LogP) is 0.612. The van der Waals surface area contributed by atoms with Gasteiger partial charge >= 0.3 is 0 Å². The van der Waals surface area contributed by atoms with Gasteiger partial charge in [0.1, 0.15) is 0 Å². The van der Waals surface area contributed by atoms with E-state index in [4.69, 9.17) is 0 Å². The van der Waals surface area contributed by atoms with E-state index in [0.29, 0.717) is 6.79 Å². The third-order valence-corrected chi connectivity index (χ3v) is 0.802. The highest BCUT2D eigenvalue weighted by atomic mass is 31.1. The van der Waals surface area contributed by atoms with Crippen LogP contribution in [0.25, 0.3) is 0 Å². The summed E-state index contributed by atoms with van der Waals surface area (Å²) in [5.41, 5.74) is 0. The first-order valence-electron chi connectivity index (χ1n) is 1.25. The van der Waals surface area contributed by atoms with Gasteiger partial charge in [0.25, 0.3) is 0 Å². The molecule has 2 nitrogen and oxygen atoms in total. The van der Waals surface area contributed by atoms with Crippen molar-refractivity contribution in [2.75, 3.05) is 6.79 Å². The van der Waals surface area contributed by atoms with Gasteiger partial charge in [-0.05, 0) is 0 Å². The lowest BCUT2D eigenvalue weighted by atomic mass is 11.4. The van der Waals surface area contributed by atoms with Gasteiger partial charge < -0.3 is 4.74 Å². The summed E-state index contributed by atoms with van der Waals surface area (Å²) in [6.45, 7) is 0.432. The van der Waals surface area contributed by atoms with E-state index in [2.05, 4.69) is 9.26 Å². The molecule has 0 aliphatic carbocycles. The van der Waals surface area contributed by atoms with E-state index in [1.807, 2.05) is 0 Å². The second-order valence-corrected chi connectivity index (χ2v) is 1.30. The van der Waals surface area contributed by atoms with Gasteiger partial charge in [0, 0.05) is 0 Å². The second kappa shape index (κ2) is 1.51. The van der Waals surface area contributed by atoms with Crippen LogP contribution in [0.1, 0.15) is 0 Å². The number of ether oxygens (including phenoxy) is 1. The van der Waals surface area contributed by atoms with Crippen LogP contribution in [0.5, 0.6) is 0 Å². The lowest BCUT2D eigenvalue weighted by molar-refractivity contribution is 0.157. The molecule has 0 saturated carbocycles. The van der Waals surface area contributed by atoms with Crippen LogP contribution in [-0.4, -0.2) is 12.8 Å². The molecule has 0 aromatic rings. The first-order chi connectivity index (χ1) is 2.50. The van der Waals surface area contributed by atoms with Crippen molar-refractivity contribution < 1.29 is 9.26 Å². The third kappa shape index (κ3) is 0.690. The zero-order valence-corrected chi connectivity index (χ0v) is 3.44. The van der Waals surface area contributed by atoms with Crippen molar-refractivity contribution in [1.82, 2.24) is 0 Å². The highest BCUT2D eigenvalue weighted by Crippen LogP contribution is 2.01. The Kier molecular flexibility index (Phi) is 0.991. The zero-order valence-electron chi connectivity index (χ0n) is 2.55. The average Bonchev–Trinajstić information content (AvgIpc) is 1.76. The molecule has 0 saturated heterocycles. The van der Waals surface area contributed by atoms with E-state index >= 15 is 0 Å². The fourth-order valence-electron chi connectivity index (χ4n) is 0.152. The van der Waals surface area contributed by atoms with Crippen LogP contribution in [0.4, 0.5) is 0 Å². The van der Waals surface area contributed by atoms with E-state index in [1.54, 1.807) is 5.98 Å². The third-order valence-electron chi connectivity index (χ3n) is 0.313. The van der Waals surface area contributed by atoms with Gasteiger partial charge in [0.15, 0.2) is 6.79 Å². The summed E-state index contributed by atoms with van der Waals surface area (Å²) in [6, 6.07) is 0. The van der Waals surface area contributed by atoms with Gasteiger partial charge in [0.2, 0.25) is 0 Å². The molecule has 0 unspecified atom stereocenters. The van der Waals surface area contributed by atoms with Crippen molar-refractivity contribution in [1.29, 1.82) is 0 Å².